The van der Waals surface area contributed by atoms with Gasteiger partial charge in [-0.05, 0) is 35.9 Å². The Morgan fingerprint density at radius 2 is 1.95 bits per heavy atom. The smallest absolute Gasteiger partial charge is 0.341 e. The molecule has 0 bridgehead atoms. The molecule has 0 unspecified atom stereocenters. The maximum absolute atomic E-state index is 13.6. The molecule has 0 amide bonds. The van der Waals surface area contributed by atoms with Gasteiger partial charge in [0.25, 0.3) is 0 Å². The number of nitriles is 1. The predicted molar refractivity (Wildman–Crippen MR) is 76.7 cm³/mol. The van der Waals surface area contributed by atoms with Crippen molar-refractivity contribution in [3.8, 4) is 6.07 Å². The zero-order valence-corrected chi connectivity index (χ0v) is 12.1. The van der Waals surface area contributed by atoms with Gasteiger partial charge in [0.15, 0.2) is 0 Å². The third-order valence-corrected chi connectivity index (χ3v) is 3.41. The molecule has 0 fully saturated rings. The number of nitrogens with zero attached hydrogens (tertiary/aromatic N) is 1. The number of hydrogen-bond acceptors (Lipinski definition) is 3. The van der Waals surface area contributed by atoms with E-state index in [2.05, 4.69) is 0 Å². The van der Waals surface area contributed by atoms with Crippen molar-refractivity contribution in [2.24, 2.45) is 0 Å². The van der Waals surface area contributed by atoms with Gasteiger partial charge in [-0.15, -0.1) is 0 Å². The lowest BCUT2D eigenvalue weighted by molar-refractivity contribution is 0.0467. The number of ether oxygens (including phenoxy) is 1. The molecule has 0 spiro atoms. The standard InChI is InChI=1S/C15H8Cl2FNO2/c16-12-4-2-10(5-13(12)17)8-21-15(20)11-3-1-9(7-19)6-14(11)18/h1-6H,8H2. The summed E-state index contributed by atoms with van der Waals surface area (Å²) in [7, 11) is 0. The topological polar surface area (TPSA) is 50.1 Å². The van der Waals surface area contributed by atoms with Crippen LogP contribution in [0.15, 0.2) is 36.4 Å². The highest BCUT2D eigenvalue weighted by atomic mass is 35.5. The summed E-state index contributed by atoms with van der Waals surface area (Å²) in [5.41, 5.74) is 0.536. The van der Waals surface area contributed by atoms with Crippen molar-refractivity contribution < 1.29 is 13.9 Å². The highest BCUT2D eigenvalue weighted by Crippen LogP contribution is 2.23. The first kappa shape index (κ1) is 15.3. The van der Waals surface area contributed by atoms with E-state index in [4.69, 9.17) is 33.2 Å². The number of carbonyl (C=O) groups is 1. The van der Waals surface area contributed by atoms with Crippen LogP contribution in [0.4, 0.5) is 4.39 Å². The summed E-state index contributed by atoms with van der Waals surface area (Å²) in [5, 5.41) is 9.37. The number of carbonyl (C=O) groups excluding carboxylic acids is 1. The van der Waals surface area contributed by atoms with Crippen molar-refractivity contribution in [1.82, 2.24) is 0 Å². The van der Waals surface area contributed by atoms with E-state index < -0.39 is 11.8 Å². The SMILES string of the molecule is N#Cc1ccc(C(=O)OCc2ccc(Cl)c(Cl)c2)c(F)c1. The van der Waals surface area contributed by atoms with Crippen molar-refractivity contribution in [2.45, 2.75) is 6.61 Å². The van der Waals surface area contributed by atoms with Gasteiger partial charge in [0, 0.05) is 0 Å². The van der Waals surface area contributed by atoms with Crippen molar-refractivity contribution in [3.05, 3.63) is 69.0 Å². The molecule has 2 aromatic rings. The van der Waals surface area contributed by atoms with E-state index in [1.54, 1.807) is 24.3 Å². The molecule has 2 aromatic carbocycles. The maximum atomic E-state index is 13.6. The molecule has 0 N–H and O–H groups in total. The Bertz CT molecular complexity index is 741. The minimum absolute atomic E-state index is 0.0604. The first-order valence-corrected chi connectivity index (χ1v) is 6.57. The van der Waals surface area contributed by atoms with Gasteiger partial charge >= 0.3 is 5.97 Å². The van der Waals surface area contributed by atoms with Crippen LogP contribution >= 0.6 is 23.2 Å². The summed E-state index contributed by atoms with van der Waals surface area (Å²) in [6, 6.07) is 10.1. The highest BCUT2D eigenvalue weighted by molar-refractivity contribution is 6.42. The van der Waals surface area contributed by atoms with Gasteiger partial charge < -0.3 is 4.74 Å². The number of benzene rings is 2. The molecular formula is C15H8Cl2FNO2. The zero-order chi connectivity index (χ0) is 15.4. The van der Waals surface area contributed by atoms with E-state index in [1.165, 1.54) is 12.1 Å². The summed E-state index contributed by atoms with van der Waals surface area (Å²) in [6.45, 7) is -0.0604. The van der Waals surface area contributed by atoms with Crippen LogP contribution in [-0.2, 0) is 11.3 Å². The Morgan fingerprint density at radius 3 is 2.57 bits per heavy atom. The molecule has 6 heteroatoms. The maximum Gasteiger partial charge on any atom is 0.341 e. The predicted octanol–water partition coefficient (Wildman–Crippen LogP) is 4.36. The molecule has 0 radical (unpaired) electrons. The number of rotatable bonds is 3. The number of esters is 1. The van der Waals surface area contributed by atoms with Gasteiger partial charge in [0.05, 0.1) is 27.2 Å². The van der Waals surface area contributed by atoms with Gasteiger partial charge in [-0.2, -0.15) is 5.26 Å². The zero-order valence-electron chi connectivity index (χ0n) is 10.6. The van der Waals surface area contributed by atoms with E-state index >= 15 is 0 Å². The molecule has 0 atom stereocenters. The van der Waals surface area contributed by atoms with Crippen molar-refractivity contribution in [1.29, 1.82) is 5.26 Å². The molecule has 0 aromatic heterocycles. The highest BCUT2D eigenvalue weighted by Gasteiger charge is 2.14. The molecule has 0 saturated carbocycles. The minimum atomic E-state index is -0.817. The lowest BCUT2D eigenvalue weighted by atomic mass is 10.1. The fourth-order valence-corrected chi connectivity index (χ4v) is 1.93. The van der Waals surface area contributed by atoms with Gasteiger partial charge in [-0.3, -0.25) is 0 Å². The van der Waals surface area contributed by atoms with Crippen LogP contribution in [0.25, 0.3) is 0 Å². The second kappa shape index (κ2) is 6.57. The molecule has 0 heterocycles. The molecule has 3 nitrogen and oxygen atoms in total. The molecule has 2 rings (SSSR count). The fourth-order valence-electron chi connectivity index (χ4n) is 1.61. The molecule has 0 aliphatic carbocycles. The number of hydrogen-bond donors (Lipinski definition) is 0. The van der Waals surface area contributed by atoms with Crippen LogP contribution in [-0.4, -0.2) is 5.97 Å². The Hall–Kier alpha value is -2.09. The van der Waals surface area contributed by atoms with Crippen molar-refractivity contribution >= 4 is 29.2 Å². The largest absolute Gasteiger partial charge is 0.457 e. The average Bonchev–Trinajstić information content (AvgIpc) is 2.48. The lowest BCUT2D eigenvalue weighted by Gasteiger charge is -2.07. The van der Waals surface area contributed by atoms with Gasteiger partial charge in [-0.1, -0.05) is 29.3 Å². The van der Waals surface area contributed by atoms with Crippen molar-refractivity contribution in [2.75, 3.05) is 0 Å². The Morgan fingerprint density at radius 1 is 1.19 bits per heavy atom. The van der Waals surface area contributed by atoms with Crippen LogP contribution in [0.2, 0.25) is 10.0 Å². The summed E-state index contributed by atoms with van der Waals surface area (Å²) in [6.07, 6.45) is 0. The second-order valence-electron chi connectivity index (χ2n) is 4.13. The van der Waals surface area contributed by atoms with Crippen LogP contribution in [0.3, 0.4) is 0 Å². The summed E-state index contributed by atoms with van der Waals surface area (Å²) in [5.74, 6) is -1.61. The molecule has 21 heavy (non-hydrogen) atoms. The van der Waals surface area contributed by atoms with E-state index in [-0.39, 0.29) is 17.7 Å². The lowest BCUT2D eigenvalue weighted by Crippen LogP contribution is -2.07. The quantitative estimate of drug-likeness (QED) is 0.788. The third kappa shape index (κ3) is 3.72. The van der Waals surface area contributed by atoms with Crippen LogP contribution in [0.1, 0.15) is 21.5 Å². The van der Waals surface area contributed by atoms with Crippen LogP contribution in [0.5, 0.6) is 0 Å². The fraction of sp³-hybridized carbons (Fsp3) is 0.0667. The number of halogens is 3. The monoisotopic (exact) mass is 323 g/mol. The normalized spacial score (nSPS) is 10.0. The Kier molecular flexibility index (Phi) is 4.79. The molecule has 0 aliphatic rings. The first-order chi connectivity index (χ1) is 10.0. The first-order valence-electron chi connectivity index (χ1n) is 5.82. The van der Waals surface area contributed by atoms with Crippen LogP contribution < -0.4 is 0 Å². The van der Waals surface area contributed by atoms with Crippen molar-refractivity contribution in [3.63, 3.8) is 0 Å². The minimum Gasteiger partial charge on any atom is -0.457 e. The average molecular weight is 324 g/mol. The summed E-state index contributed by atoms with van der Waals surface area (Å²) >= 11 is 11.6. The van der Waals surface area contributed by atoms with E-state index in [0.717, 1.165) is 6.07 Å². The Balaban J connectivity index is 2.08. The third-order valence-electron chi connectivity index (χ3n) is 2.67. The summed E-state index contributed by atoms with van der Waals surface area (Å²) < 4.78 is 18.6. The molecule has 0 aliphatic heterocycles. The van der Waals surface area contributed by atoms with E-state index in [9.17, 15) is 9.18 Å². The molecular weight excluding hydrogens is 316 g/mol. The second-order valence-corrected chi connectivity index (χ2v) is 4.95. The van der Waals surface area contributed by atoms with E-state index in [0.29, 0.717) is 15.6 Å². The summed E-state index contributed by atoms with van der Waals surface area (Å²) in [4.78, 5) is 11.8. The van der Waals surface area contributed by atoms with Crippen LogP contribution in [0, 0.1) is 17.1 Å². The molecule has 0 saturated heterocycles. The van der Waals surface area contributed by atoms with E-state index in [1.807, 2.05) is 0 Å². The van der Waals surface area contributed by atoms with Gasteiger partial charge in [-0.25, -0.2) is 9.18 Å². The Labute approximate surface area is 130 Å². The van der Waals surface area contributed by atoms with Gasteiger partial charge in [0.1, 0.15) is 12.4 Å². The molecule has 106 valence electrons. The van der Waals surface area contributed by atoms with Gasteiger partial charge in [0.2, 0.25) is 0 Å².